The fourth-order valence-electron chi connectivity index (χ4n) is 3.24. The van der Waals surface area contributed by atoms with Gasteiger partial charge in [0.2, 0.25) is 5.91 Å². The van der Waals surface area contributed by atoms with E-state index < -0.39 is 0 Å². The van der Waals surface area contributed by atoms with E-state index in [2.05, 4.69) is 15.7 Å². The van der Waals surface area contributed by atoms with E-state index in [1.807, 2.05) is 29.2 Å². The van der Waals surface area contributed by atoms with Crippen LogP contribution in [0.25, 0.3) is 0 Å². The molecule has 144 valence electrons. The number of amides is 3. The molecule has 0 bridgehead atoms. The molecule has 1 saturated heterocycles. The van der Waals surface area contributed by atoms with E-state index in [-0.39, 0.29) is 18.5 Å². The molecule has 1 aliphatic rings. The lowest BCUT2D eigenvalue weighted by Gasteiger charge is -2.25. The van der Waals surface area contributed by atoms with E-state index in [0.29, 0.717) is 12.2 Å². The summed E-state index contributed by atoms with van der Waals surface area (Å²) < 4.78 is 1.57. The number of nitrogens with zero attached hydrogens (tertiary/aromatic N) is 3. The van der Waals surface area contributed by atoms with Crippen LogP contribution in [0.2, 0.25) is 0 Å². The highest BCUT2D eigenvalue weighted by molar-refractivity contribution is 5.90. The number of hydrogen-bond donors (Lipinski definition) is 2. The summed E-state index contributed by atoms with van der Waals surface area (Å²) >= 11 is 0. The van der Waals surface area contributed by atoms with E-state index in [1.54, 1.807) is 23.1 Å². The van der Waals surface area contributed by atoms with Crippen molar-refractivity contribution in [1.82, 2.24) is 20.0 Å². The van der Waals surface area contributed by atoms with Gasteiger partial charge in [0.25, 0.3) is 0 Å². The molecule has 1 aromatic heterocycles. The number of benzene rings is 1. The van der Waals surface area contributed by atoms with Crippen molar-refractivity contribution in [1.29, 1.82) is 0 Å². The zero-order valence-corrected chi connectivity index (χ0v) is 15.6. The van der Waals surface area contributed by atoms with Gasteiger partial charge in [-0.15, -0.1) is 0 Å². The summed E-state index contributed by atoms with van der Waals surface area (Å²) in [5.41, 5.74) is 1.66. The molecule has 2 N–H and O–H groups in total. The third-order valence-electron chi connectivity index (χ3n) is 4.66. The predicted octanol–water partition coefficient (Wildman–Crippen LogP) is 3.00. The number of anilines is 1. The fraction of sp³-hybridized carbons (Fsp3) is 0.450. The van der Waals surface area contributed by atoms with Gasteiger partial charge in [-0.1, -0.05) is 31.4 Å². The molecule has 1 fully saturated rings. The van der Waals surface area contributed by atoms with Crippen molar-refractivity contribution in [3.8, 4) is 0 Å². The summed E-state index contributed by atoms with van der Waals surface area (Å²) in [6.07, 6.45) is 9.21. The van der Waals surface area contributed by atoms with Crippen molar-refractivity contribution < 1.29 is 9.59 Å². The van der Waals surface area contributed by atoms with Gasteiger partial charge in [0, 0.05) is 37.7 Å². The van der Waals surface area contributed by atoms with E-state index in [4.69, 9.17) is 0 Å². The van der Waals surface area contributed by atoms with Crippen molar-refractivity contribution in [2.75, 3.05) is 18.4 Å². The molecule has 27 heavy (non-hydrogen) atoms. The molecule has 1 aromatic carbocycles. The number of hydrogen-bond acceptors (Lipinski definition) is 3. The Morgan fingerprint density at radius 2 is 1.81 bits per heavy atom. The van der Waals surface area contributed by atoms with E-state index >= 15 is 0 Å². The quantitative estimate of drug-likeness (QED) is 0.850. The first-order valence-corrected chi connectivity index (χ1v) is 9.60. The summed E-state index contributed by atoms with van der Waals surface area (Å²) in [4.78, 5) is 26.4. The lowest BCUT2D eigenvalue weighted by Crippen LogP contribution is -2.41. The Labute approximate surface area is 159 Å². The lowest BCUT2D eigenvalue weighted by molar-refractivity contribution is -0.116. The van der Waals surface area contributed by atoms with Gasteiger partial charge in [-0.05, 0) is 36.6 Å². The number of carbonyl (C=O) groups excluding carboxylic acids is 2. The molecule has 2 aromatic rings. The third kappa shape index (κ3) is 6.13. The van der Waals surface area contributed by atoms with Gasteiger partial charge in [0.05, 0.1) is 0 Å². The van der Waals surface area contributed by atoms with Gasteiger partial charge in [-0.2, -0.15) is 5.10 Å². The smallest absolute Gasteiger partial charge is 0.317 e. The number of carbonyl (C=O) groups is 2. The minimum Gasteiger partial charge on any atom is -0.334 e. The second-order valence-corrected chi connectivity index (χ2v) is 6.87. The largest absolute Gasteiger partial charge is 0.334 e. The Hall–Kier alpha value is -2.83. The Kier molecular flexibility index (Phi) is 6.84. The highest BCUT2D eigenvalue weighted by Gasteiger charge is 2.14. The first-order valence-electron chi connectivity index (χ1n) is 9.60. The minimum absolute atomic E-state index is 0.00924. The highest BCUT2D eigenvalue weighted by atomic mass is 16.2. The molecule has 3 amide bonds. The maximum absolute atomic E-state index is 12.4. The second kappa shape index (κ2) is 9.75. The Balaban J connectivity index is 1.49. The van der Waals surface area contributed by atoms with E-state index in [1.165, 1.54) is 19.3 Å². The molecule has 0 aliphatic carbocycles. The third-order valence-corrected chi connectivity index (χ3v) is 4.66. The number of urea groups is 1. The summed E-state index contributed by atoms with van der Waals surface area (Å²) in [7, 11) is 0. The number of rotatable bonds is 5. The van der Waals surface area contributed by atoms with Crippen LogP contribution in [0.3, 0.4) is 0 Å². The maximum atomic E-state index is 12.4. The summed E-state index contributed by atoms with van der Waals surface area (Å²) in [6, 6.07) is 9.31. The van der Waals surface area contributed by atoms with Gasteiger partial charge < -0.3 is 15.5 Å². The van der Waals surface area contributed by atoms with Crippen LogP contribution < -0.4 is 10.6 Å². The standard InChI is InChI=1S/C20H27N5O2/c26-19(16-25-13-7-10-22-25)23-18-9-6-8-17(14-18)15-21-20(27)24-11-4-2-1-3-5-12-24/h6-10,13-14H,1-5,11-12,15-16H2,(H,21,27)(H,23,26). The minimum atomic E-state index is -0.138. The molecule has 0 radical (unpaired) electrons. The SMILES string of the molecule is O=C(Cn1cccn1)Nc1cccc(CNC(=O)N2CCCCCCC2)c1. The van der Waals surface area contributed by atoms with Crippen molar-refractivity contribution in [2.45, 2.75) is 45.2 Å². The molecule has 0 spiro atoms. The molecule has 0 saturated carbocycles. The monoisotopic (exact) mass is 369 g/mol. The fourth-order valence-corrected chi connectivity index (χ4v) is 3.24. The van der Waals surface area contributed by atoms with Gasteiger partial charge in [0.1, 0.15) is 6.54 Å². The summed E-state index contributed by atoms with van der Waals surface area (Å²) in [5.74, 6) is -0.138. The number of likely N-dealkylation sites (tertiary alicyclic amines) is 1. The molecule has 7 nitrogen and oxygen atoms in total. The molecule has 0 atom stereocenters. The summed E-state index contributed by atoms with van der Waals surface area (Å²) in [5, 5.41) is 9.88. The second-order valence-electron chi connectivity index (χ2n) is 6.87. The zero-order valence-electron chi connectivity index (χ0n) is 15.6. The van der Waals surface area contributed by atoms with Crippen molar-refractivity contribution in [3.05, 3.63) is 48.3 Å². The lowest BCUT2D eigenvalue weighted by atomic mass is 10.1. The van der Waals surface area contributed by atoms with Crippen LogP contribution in [-0.4, -0.2) is 39.7 Å². The number of aromatic nitrogens is 2. The van der Waals surface area contributed by atoms with Crippen LogP contribution in [0.15, 0.2) is 42.7 Å². The van der Waals surface area contributed by atoms with Crippen molar-refractivity contribution >= 4 is 17.6 Å². The number of nitrogens with one attached hydrogen (secondary N) is 2. The molecule has 0 unspecified atom stereocenters. The topological polar surface area (TPSA) is 79.3 Å². The van der Waals surface area contributed by atoms with Crippen LogP contribution in [0.5, 0.6) is 0 Å². The molecule has 3 rings (SSSR count). The molecule has 7 heteroatoms. The van der Waals surface area contributed by atoms with Gasteiger partial charge in [-0.3, -0.25) is 9.48 Å². The molecule has 2 heterocycles. The Bertz CT molecular complexity index is 737. The average molecular weight is 369 g/mol. The van der Waals surface area contributed by atoms with Gasteiger partial charge >= 0.3 is 6.03 Å². The van der Waals surface area contributed by atoms with E-state index in [0.717, 1.165) is 31.5 Å². The van der Waals surface area contributed by atoms with Crippen LogP contribution in [0.1, 0.15) is 37.7 Å². The first-order chi connectivity index (χ1) is 13.2. The highest BCUT2D eigenvalue weighted by Crippen LogP contribution is 2.12. The van der Waals surface area contributed by atoms with Crippen LogP contribution in [0, 0.1) is 0 Å². The Morgan fingerprint density at radius 1 is 1.04 bits per heavy atom. The normalized spacial score (nSPS) is 14.9. The van der Waals surface area contributed by atoms with Crippen molar-refractivity contribution in [2.24, 2.45) is 0 Å². The molecular weight excluding hydrogens is 342 g/mol. The Morgan fingerprint density at radius 3 is 2.56 bits per heavy atom. The average Bonchev–Trinajstić information content (AvgIpc) is 3.12. The maximum Gasteiger partial charge on any atom is 0.317 e. The van der Waals surface area contributed by atoms with Crippen molar-refractivity contribution in [3.63, 3.8) is 0 Å². The summed E-state index contributed by atoms with van der Waals surface area (Å²) in [6.45, 7) is 2.27. The van der Waals surface area contributed by atoms with Crippen LogP contribution >= 0.6 is 0 Å². The van der Waals surface area contributed by atoms with E-state index in [9.17, 15) is 9.59 Å². The van der Waals surface area contributed by atoms with Gasteiger partial charge in [0.15, 0.2) is 0 Å². The van der Waals surface area contributed by atoms with Gasteiger partial charge in [-0.25, -0.2) is 4.79 Å². The molecular formula is C20H27N5O2. The zero-order chi connectivity index (χ0) is 18.9. The molecule has 1 aliphatic heterocycles. The first kappa shape index (κ1) is 18.9. The van der Waals surface area contributed by atoms with Crippen LogP contribution in [0.4, 0.5) is 10.5 Å². The predicted molar refractivity (Wildman–Crippen MR) is 104 cm³/mol. The van der Waals surface area contributed by atoms with Crippen LogP contribution in [-0.2, 0) is 17.9 Å².